The van der Waals surface area contributed by atoms with Crippen molar-refractivity contribution >= 4 is 17.6 Å². The lowest BCUT2D eigenvalue weighted by atomic mass is 10.2. The fourth-order valence-electron chi connectivity index (χ4n) is 2.11. The Morgan fingerprint density at radius 1 is 1.12 bits per heavy atom. The van der Waals surface area contributed by atoms with Crippen LogP contribution in [0.3, 0.4) is 0 Å². The van der Waals surface area contributed by atoms with Gasteiger partial charge in [0.25, 0.3) is 0 Å². The van der Waals surface area contributed by atoms with E-state index in [4.69, 9.17) is 20.8 Å². The maximum atomic E-state index is 12.9. The van der Waals surface area contributed by atoms with Gasteiger partial charge in [-0.2, -0.15) is 0 Å². The van der Waals surface area contributed by atoms with Gasteiger partial charge in [0, 0.05) is 23.7 Å². The third-order valence-corrected chi connectivity index (χ3v) is 3.64. The van der Waals surface area contributed by atoms with E-state index in [2.05, 4.69) is 9.97 Å². The van der Waals surface area contributed by atoms with Gasteiger partial charge in [0.15, 0.2) is 11.7 Å². The highest BCUT2D eigenvalue weighted by atomic mass is 35.5. The van der Waals surface area contributed by atoms with Gasteiger partial charge in [-0.15, -0.1) is 0 Å². The Morgan fingerprint density at radius 3 is 2.64 bits per heavy atom. The molecule has 0 saturated heterocycles. The van der Waals surface area contributed by atoms with Crippen LogP contribution in [0.5, 0.6) is 0 Å². The summed E-state index contributed by atoms with van der Waals surface area (Å²) in [5.74, 6) is 0.263. The van der Waals surface area contributed by atoms with E-state index in [1.807, 2.05) is 0 Å². The van der Waals surface area contributed by atoms with Crippen LogP contribution < -0.4 is 0 Å². The number of carbonyl (C=O) groups excluding carboxylic acids is 1. The van der Waals surface area contributed by atoms with Crippen molar-refractivity contribution < 1.29 is 18.3 Å². The van der Waals surface area contributed by atoms with Gasteiger partial charge < -0.3 is 9.15 Å². The molecule has 0 spiro atoms. The summed E-state index contributed by atoms with van der Waals surface area (Å²) in [6.45, 7) is 0.134. The zero-order valence-electron chi connectivity index (χ0n) is 13.1. The second kappa shape index (κ2) is 7.90. The van der Waals surface area contributed by atoms with Crippen molar-refractivity contribution in [2.24, 2.45) is 0 Å². The number of esters is 1. The number of hydrogen-bond acceptors (Lipinski definition) is 5. The predicted octanol–water partition coefficient (Wildman–Crippen LogP) is 4.21. The monoisotopic (exact) mass is 360 g/mol. The van der Waals surface area contributed by atoms with Crippen molar-refractivity contribution in [1.82, 2.24) is 9.97 Å². The average molecular weight is 361 g/mol. The molecule has 0 radical (unpaired) electrons. The molecule has 7 heteroatoms. The molecule has 0 fully saturated rings. The summed E-state index contributed by atoms with van der Waals surface area (Å²) in [5.41, 5.74) is 1.48. The van der Waals surface area contributed by atoms with Crippen molar-refractivity contribution in [3.63, 3.8) is 0 Å². The first-order valence-corrected chi connectivity index (χ1v) is 7.94. The van der Waals surface area contributed by atoms with Gasteiger partial charge in [-0.25, -0.2) is 14.4 Å². The van der Waals surface area contributed by atoms with Gasteiger partial charge >= 0.3 is 5.97 Å². The summed E-state index contributed by atoms with van der Waals surface area (Å²) in [5, 5.41) is 0.385. The van der Waals surface area contributed by atoms with Crippen LogP contribution >= 0.6 is 11.6 Å². The summed E-state index contributed by atoms with van der Waals surface area (Å²) in [7, 11) is 0. The van der Waals surface area contributed by atoms with Gasteiger partial charge in [-0.3, -0.25) is 4.79 Å². The van der Waals surface area contributed by atoms with Crippen LogP contribution in [0.25, 0.3) is 11.3 Å². The highest BCUT2D eigenvalue weighted by Crippen LogP contribution is 2.21. The molecule has 3 aromatic rings. The number of carbonyl (C=O) groups is 1. The molecule has 128 valence electrons. The second-order valence-electron chi connectivity index (χ2n) is 5.27. The zero-order valence-corrected chi connectivity index (χ0v) is 13.9. The predicted molar refractivity (Wildman–Crippen MR) is 89.3 cm³/mol. The number of ether oxygens (including phenoxy) is 1. The molecule has 0 aliphatic carbocycles. The lowest BCUT2D eigenvalue weighted by Gasteiger charge is -2.03. The zero-order chi connectivity index (χ0) is 17.6. The van der Waals surface area contributed by atoms with Gasteiger partial charge in [0.2, 0.25) is 0 Å². The average Bonchev–Trinajstić information content (AvgIpc) is 3.09. The molecule has 0 atom stereocenters. The van der Waals surface area contributed by atoms with E-state index in [9.17, 15) is 9.18 Å². The van der Waals surface area contributed by atoms with Gasteiger partial charge in [-0.1, -0.05) is 17.7 Å². The number of benzene rings is 1. The first kappa shape index (κ1) is 17.1. The molecule has 5 nitrogen and oxygen atoms in total. The third kappa shape index (κ3) is 4.87. The Balaban J connectivity index is 1.49. The van der Waals surface area contributed by atoms with Crippen LogP contribution in [0.1, 0.15) is 17.9 Å². The molecule has 1 aromatic carbocycles. The van der Waals surface area contributed by atoms with Crippen molar-refractivity contribution in [3.8, 4) is 11.3 Å². The van der Waals surface area contributed by atoms with Crippen molar-refractivity contribution in [2.45, 2.75) is 19.4 Å². The molecule has 0 aliphatic heterocycles. The number of hydrogen-bond donors (Lipinski definition) is 0. The highest BCUT2D eigenvalue weighted by Gasteiger charge is 2.10. The Kier molecular flexibility index (Phi) is 5.40. The van der Waals surface area contributed by atoms with Crippen LogP contribution in [-0.4, -0.2) is 15.9 Å². The lowest BCUT2D eigenvalue weighted by molar-refractivity contribution is -0.145. The second-order valence-corrected chi connectivity index (χ2v) is 5.66. The number of nitrogens with zero attached hydrogens (tertiary/aromatic N) is 2. The maximum absolute atomic E-state index is 12.9. The standard InChI is InChI=1S/C18H14ClFN2O3/c19-16-6-1-12(9-21-16)11-24-18(23)8-7-17-22-10-15(25-17)13-2-4-14(20)5-3-13/h1-6,9-10H,7-8,11H2. The molecule has 2 heterocycles. The summed E-state index contributed by atoms with van der Waals surface area (Å²) in [4.78, 5) is 19.8. The van der Waals surface area contributed by atoms with E-state index < -0.39 is 0 Å². The van der Waals surface area contributed by atoms with E-state index in [-0.39, 0.29) is 24.8 Å². The van der Waals surface area contributed by atoms with Crippen molar-refractivity contribution in [3.05, 3.63) is 71.2 Å². The minimum absolute atomic E-state index is 0.134. The van der Waals surface area contributed by atoms with Crippen molar-refractivity contribution in [2.75, 3.05) is 0 Å². The molecule has 0 aliphatic rings. The van der Waals surface area contributed by atoms with Gasteiger partial charge in [0.1, 0.15) is 17.6 Å². The Labute approximate surface area is 148 Å². The minimum atomic E-state index is -0.364. The molecule has 3 rings (SSSR count). The molecular formula is C18H14ClFN2O3. The number of aryl methyl sites for hydroxylation is 1. The summed E-state index contributed by atoms with van der Waals surface area (Å²) in [6.07, 6.45) is 3.56. The molecular weight excluding hydrogens is 347 g/mol. The van der Waals surface area contributed by atoms with E-state index in [0.717, 1.165) is 11.1 Å². The number of aromatic nitrogens is 2. The summed E-state index contributed by atoms with van der Waals surface area (Å²) in [6, 6.07) is 9.28. The largest absolute Gasteiger partial charge is 0.461 e. The molecule has 0 N–H and O–H groups in total. The van der Waals surface area contributed by atoms with E-state index >= 15 is 0 Å². The topological polar surface area (TPSA) is 65.2 Å². The van der Waals surface area contributed by atoms with E-state index in [0.29, 0.717) is 23.2 Å². The number of rotatable bonds is 6. The fourth-order valence-corrected chi connectivity index (χ4v) is 2.22. The van der Waals surface area contributed by atoms with E-state index in [1.165, 1.54) is 12.1 Å². The molecule has 0 unspecified atom stereocenters. The quantitative estimate of drug-likeness (QED) is 0.486. The first-order valence-electron chi connectivity index (χ1n) is 7.57. The van der Waals surface area contributed by atoms with Gasteiger partial charge in [0.05, 0.1) is 12.6 Å². The molecule has 0 amide bonds. The van der Waals surface area contributed by atoms with Crippen LogP contribution in [0, 0.1) is 5.82 Å². The van der Waals surface area contributed by atoms with Crippen LogP contribution in [-0.2, 0) is 22.6 Å². The van der Waals surface area contributed by atoms with Crippen LogP contribution in [0.4, 0.5) is 4.39 Å². The smallest absolute Gasteiger partial charge is 0.306 e. The van der Waals surface area contributed by atoms with E-state index in [1.54, 1.807) is 36.7 Å². The lowest BCUT2D eigenvalue weighted by Crippen LogP contribution is -2.06. The fraction of sp³-hybridized carbons (Fsp3) is 0.167. The molecule has 25 heavy (non-hydrogen) atoms. The van der Waals surface area contributed by atoms with Crippen LogP contribution in [0.15, 0.2) is 53.2 Å². The summed E-state index contributed by atoms with van der Waals surface area (Å²) < 4.78 is 23.7. The Morgan fingerprint density at radius 2 is 1.92 bits per heavy atom. The number of oxazole rings is 1. The molecule has 2 aromatic heterocycles. The third-order valence-electron chi connectivity index (χ3n) is 3.41. The van der Waals surface area contributed by atoms with Crippen LogP contribution in [0.2, 0.25) is 5.15 Å². The maximum Gasteiger partial charge on any atom is 0.306 e. The molecule has 0 saturated carbocycles. The minimum Gasteiger partial charge on any atom is -0.461 e. The Bertz CT molecular complexity index is 848. The van der Waals surface area contributed by atoms with Crippen molar-refractivity contribution in [1.29, 1.82) is 0 Å². The van der Waals surface area contributed by atoms with Gasteiger partial charge in [-0.05, 0) is 30.3 Å². The SMILES string of the molecule is O=C(CCc1ncc(-c2ccc(F)cc2)o1)OCc1ccc(Cl)nc1. The first-order chi connectivity index (χ1) is 12.1. The Hall–Kier alpha value is -2.73. The number of halogens is 2. The highest BCUT2D eigenvalue weighted by molar-refractivity contribution is 6.29. The molecule has 0 bridgehead atoms. The normalized spacial score (nSPS) is 10.6. The summed E-state index contributed by atoms with van der Waals surface area (Å²) >= 11 is 5.69. The number of pyridine rings is 1.